The first kappa shape index (κ1) is 15.4. The minimum Gasteiger partial charge on any atom is -0.480 e. The molecule has 0 aliphatic rings. The lowest BCUT2D eigenvalue weighted by atomic mass is 10.1. The van der Waals surface area contributed by atoms with Crippen LogP contribution >= 0.6 is 0 Å². The molecule has 0 radical (unpaired) electrons. The number of likely N-dealkylation sites (N-methyl/N-ethyl adjacent to an activating group) is 1. The average Bonchev–Trinajstić information content (AvgIpc) is 2.33. The van der Waals surface area contributed by atoms with Crippen LogP contribution in [0.2, 0.25) is 0 Å². The van der Waals surface area contributed by atoms with Crippen LogP contribution in [0.5, 0.6) is 5.75 Å². The predicted molar refractivity (Wildman–Crippen MR) is 72.6 cm³/mol. The average molecular weight is 268 g/mol. The van der Waals surface area contributed by atoms with E-state index in [4.69, 9.17) is 4.74 Å². The summed E-state index contributed by atoms with van der Waals surface area (Å²) in [6, 6.07) is 4.72. The van der Waals surface area contributed by atoms with Gasteiger partial charge in [-0.25, -0.2) is 4.39 Å². The molecule has 0 heterocycles. The van der Waals surface area contributed by atoms with Gasteiger partial charge in [-0.05, 0) is 26.8 Å². The van der Waals surface area contributed by atoms with Crippen molar-refractivity contribution in [2.24, 2.45) is 0 Å². The highest BCUT2D eigenvalue weighted by Gasteiger charge is 2.14. The topological polar surface area (TPSA) is 50.4 Å². The van der Waals surface area contributed by atoms with Crippen molar-refractivity contribution in [1.29, 1.82) is 0 Å². The molecule has 1 aromatic carbocycles. The standard InChI is InChI=1S/C14H21FN2O2/c1-14(2,3)17-8-10-6-5-7-11(15)13(10)19-9-12(18)16-4/h5-7,17H,8-9H2,1-4H3,(H,16,18). The molecule has 0 bridgehead atoms. The normalized spacial score (nSPS) is 11.2. The number of rotatable bonds is 5. The molecule has 1 aromatic rings. The molecule has 0 saturated heterocycles. The number of hydrogen-bond donors (Lipinski definition) is 2. The molecule has 2 N–H and O–H groups in total. The van der Waals surface area contributed by atoms with Gasteiger partial charge in [0.15, 0.2) is 18.2 Å². The number of para-hydroxylation sites is 1. The third kappa shape index (κ3) is 5.26. The number of halogens is 1. The Bertz CT molecular complexity index is 442. The van der Waals surface area contributed by atoms with Crippen LogP contribution in [-0.2, 0) is 11.3 Å². The lowest BCUT2D eigenvalue weighted by Crippen LogP contribution is -2.35. The fourth-order valence-corrected chi connectivity index (χ4v) is 1.42. The van der Waals surface area contributed by atoms with Gasteiger partial charge in [0.05, 0.1) is 0 Å². The highest BCUT2D eigenvalue weighted by Crippen LogP contribution is 2.23. The number of carbonyl (C=O) groups is 1. The van der Waals surface area contributed by atoms with Crippen LogP contribution in [0.4, 0.5) is 4.39 Å². The summed E-state index contributed by atoms with van der Waals surface area (Å²) in [5.74, 6) is -0.627. The highest BCUT2D eigenvalue weighted by molar-refractivity contribution is 5.77. The van der Waals surface area contributed by atoms with E-state index in [2.05, 4.69) is 10.6 Å². The maximum absolute atomic E-state index is 13.7. The predicted octanol–water partition coefficient (Wildman–Crippen LogP) is 1.84. The van der Waals surface area contributed by atoms with Crippen LogP contribution in [0.3, 0.4) is 0 Å². The summed E-state index contributed by atoms with van der Waals surface area (Å²) in [5, 5.41) is 5.69. The van der Waals surface area contributed by atoms with E-state index in [1.807, 2.05) is 20.8 Å². The summed E-state index contributed by atoms with van der Waals surface area (Å²) in [7, 11) is 1.51. The van der Waals surface area contributed by atoms with E-state index in [1.54, 1.807) is 12.1 Å². The molecule has 1 rings (SSSR count). The van der Waals surface area contributed by atoms with Crippen LogP contribution < -0.4 is 15.4 Å². The summed E-state index contributed by atoms with van der Waals surface area (Å²) >= 11 is 0. The number of amides is 1. The molecular weight excluding hydrogens is 247 g/mol. The molecule has 0 aliphatic heterocycles. The number of benzene rings is 1. The molecule has 0 aromatic heterocycles. The second-order valence-electron chi connectivity index (χ2n) is 5.29. The first-order valence-corrected chi connectivity index (χ1v) is 6.19. The van der Waals surface area contributed by atoms with Crippen molar-refractivity contribution in [1.82, 2.24) is 10.6 Å². The van der Waals surface area contributed by atoms with Crippen LogP contribution in [0.25, 0.3) is 0 Å². The maximum atomic E-state index is 13.7. The van der Waals surface area contributed by atoms with Gasteiger partial charge < -0.3 is 15.4 Å². The van der Waals surface area contributed by atoms with E-state index in [0.29, 0.717) is 12.1 Å². The van der Waals surface area contributed by atoms with E-state index in [9.17, 15) is 9.18 Å². The van der Waals surface area contributed by atoms with Gasteiger partial charge in [0.25, 0.3) is 5.91 Å². The Morgan fingerprint density at radius 3 is 2.63 bits per heavy atom. The monoisotopic (exact) mass is 268 g/mol. The van der Waals surface area contributed by atoms with Crippen LogP contribution in [0, 0.1) is 5.82 Å². The Balaban J connectivity index is 2.80. The van der Waals surface area contributed by atoms with Crippen LogP contribution in [-0.4, -0.2) is 25.1 Å². The Kier molecular flexibility index (Phi) is 5.30. The minimum absolute atomic E-state index is 0.0790. The summed E-state index contributed by atoms with van der Waals surface area (Å²) in [4.78, 5) is 11.2. The van der Waals surface area contributed by atoms with Crippen molar-refractivity contribution >= 4 is 5.91 Å². The van der Waals surface area contributed by atoms with Crippen molar-refractivity contribution < 1.29 is 13.9 Å². The van der Waals surface area contributed by atoms with Gasteiger partial charge in [-0.15, -0.1) is 0 Å². The molecule has 0 fully saturated rings. The van der Waals surface area contributed by atoms with Gasteiger partial charge in [-0.2, -0.15) is 0 Å². The van der Waals surface area contributed by atoms with Crippen molar-refractivity contribution in [2.45, 2.75) is 32.9 Å². The van der Waals surface area contributed by atoms with E-state index in [0.717, 1.165) is 0 Å². The number of carbonyl (C=O) groups excluding carboxylic acids is 1. The molecule has 106 valence electrons. The van der Waals surface area contributed by atoms with Gasteiger partial charge in [0.1, 0.15) is 0 Å². The zero-order valence-electron chi connectivity index (χ0n) is 11.8. The quantitative estimate of drug-likeness (QED) is 0.856. The first-order valence-electron chi connectivity index (χ1n) is 6.19. The van der Waals surface area contributed by atoms with Crippen LogP contribution in [0.15, 0.2) is 18.2 Å². The van der Waals surface area contributed by atoms with Gasteiger partial charge in [0.2, 0.25) is 0 Å². The number of ether oxygens (including phenoxy) is 1. The van der Waals surface area contributed by atoms with Crippen molar-refractivity contribution in [3.05, 3.63) is 29.6 Å². The van der Waals surface area contributed by atoms with E-state index >= 15 is 0 Å². The van der Waals surface area contributed by atoms with Gasteiger partial charge in [-0.1, -0.05) is 12.1 Å². The SMILES string of the molecule is CNC(=O)COc1c(F)cccc1CNC(C)(C)C. The molecule has 0 aliphatic carbocycles. The third-order valence-electron chi connectivity index (χ3n) is 2.48. The van der Waals surface area contributed by atoms with Gasteiger partial charge in [-0.3, -0.25) is 4.79 Å². The molecule has 0 atom stereocenters. The lowest BCUT2D eigenvalue weighted by molar-refractivity contribution is -0.122. The fourth-order valence-electron chi connectivity index (χ4n) is 1.42. The number of hydrogen-bond acceptors (Lipinski definition) is 3. The second-order valence-corrected chi connectivity index (χ2v) is 5.29. The molecular formula is C14H21FN2O2. The van der Waals surface area contributed by atoms with Gasteiger partial charge >= 0.3 is 0 Å². The van der Waals surface area contributed by atoms with Crippen molar-refractivity contribution in [3.8, 4) is 5.75 Å². The Morgan fingerprint density at radius 2 is 2.05 bits per heavy atom. The van der Waals surface area contributed by atoms with Gasteiger partial charge in [0, 0.05) is 24.7 Å². The highest BCUT2D eigenvalue weighted by atomic mass is 19.1. The molecule has 0 unspecified atom stereocenters. The Morgan fingerprint density at radius 1 is 1.37 bits per heavy atom. The smallest absolute Gasteiger partial charge is 0.257 e. The largest absolute Gasteiger partial charge is 0.480 e. The Labute approximate surface area is 113 Å². The summed E-state index contributed by atoms with van der Waals surface area (Å²) in [5.41, 5.74) is 0.614. The molecule has 5 heteroatoms. The minimum atomic E-state index is -0.461. The zero-order valence-corrected chi connectivity index (χ0v) is 11.8. The summed E-state index contributed by atoms with van der Waals surface area (Å²) in [6.07, 6.45) is 0. The first-order chi connectivity index (χ1) is 8.83. The zero-order chi connectivity index (χ0) is 14.5. The summed E-state index contributed by atoms with van der Waals surface area (Å²) in [6.45, 7) is 6.36. The van der Waals surface area contributed by atoms with Crippen molar-refractivity contribution in [3.63, 3.8) is 0 Å². The number of nitrogens with one attached hydrogen (secondary N) is 2. The molecule has 0 saturated carbocycles. The molecule has 19 heavy (non-hydrogen) atoms. The molecule has 4 nitrogen and oxygen atoms in total. The van der Waals surface area contributed by atoms with Crippen molar-refractivity contribution in [2.75, 3.05) is 13.7 Å². The Hall–Kier alpha value is -1.62. The van der Waals surface area contributed by atoms with E-state index in [-0.39, 0.29) is 23.8 Å². The lowest BCUT2D eigenvalue weighted by Gasteiger charge is -2.21. The second kappa shape index (κ2) is 6.52. The maximum Gasteiger partial charge on any atom is 0.257 e. The third-order valence-corrected chi connectivity index (χ3v) is 2.48. The molecule has 0 spiro atoms. The summed E-state index contributed by atoms with van der Waals surface area (Å²) < 4.78 is 19.0. The van der Waals surface area contributed by atoms with Crippen LogP contribution in [0.1, 0.15) is 26.3 Å². The van der Waals surface area contributed by atoms with E-state index in [1.165, 1.54) is 13.1 Å². The fraction of sp³-hybridized carbons (Fsp3) is 0.500. The van der Waals surface area contributed by atoms with E-state index < -0.39 is 5.82 Å². The molecule has 1 amide bonds.